The number of guanidine groups is 1. The van der Waals surface area contributed by atoms with Crippen molar-refractivity contribution in [3.05, 3.63) is 59.8 Å². The molecule has 1 unspecified atom stereocenters. The lowest BCUT2D eigenvalue weighted by atomic mass is 10.1. The standard InChI is InChI=1S/C22H31N5/c1-18(10-11-19-8-4-3-5-9-19)26-22(23-2)25-17-20-12-13-21(24-16-20)27-14-6-7-15-27/h3-5,8-9,12-13,16,18H,6-7,10-11,14-15,17H2,1-2H3,(H2,23,25,26). The molecule has 2 aromatic rings. The zero-order valence-electron chi connectivity index (χ0n) is 16.5. The third-order valence-corrected chi connectivity index (χ3v) is 5.01. The minimum Gasteiger partial charge on any atom is -0.357 e. The molecule has 0 radical (unpaired) electrons. The Kier molecular flexibility index (Phi) is 7.08. The van der Waals surface area contributed by atoms with Gasteiger partial charge in [-0.25, -0.2) is 4.98 Å². The largest absolute Gasteiger partial charge is 0.357 e. The van der Waals surface area contributed by atoms with E-state index in [9.17, 15) is 0 Å². The molecule has 2 heterocycles. The van der Waals surface area contributed by atoms with E-state index in [1.54, 1.807) is 0 Å². The summed E-state index contributed by atoms with van der Waals surface area (Å²) in [5.41, 5.74) is 2.54. The van der Waals surface area contributed by atoms with Crippen LogP contribution in [0, 0.1) is 0 Å². The molecule has 0 bridgehead atoms. The number of nitrogens with one attached hydrogen (secondary N) is 2. The Morgan fingerprint density at radius 2 is 1.89 bits per heavy atom. The molecule has 0 spiro atoms. The molecule has 5 nitrogen and oxygen atoms in total. The highest BCUT2D eigenvalue weighted by molar-refractivity contribution is 5.79. The van der Waals surface area contributed by atoms with Gasteiger partial charge in [0.2, 0.25) is 0 Å². The molecule has 1 saturated heterocycles. The van der Waals surface area contributed by atoms with Crippen LogP contribution in [0.2, 0.25) is 0 Å². The molecule has 144 valence electrons. The number of pyridine rings is 1. The van der Waals surface area contributed by atoms with Crippen LogP contribution in [0.1, 0.15) is 37.3 Å². The zero-order valence-corrected chi connectivity index (χ0v) is 16.5. The Labute approximate surface area is 162 Å². The summed E-state index contributed by atoms with van der Waals surface area (Å²) < 4.78 is 0. The van der Waals surface area contributed by atoms with E-state index >= 15 is 0 Å². The van der Waals surface area contributed by atoms with Crippen molar-refractivity contribution >= 4 is 11.8 Å². The second-order valence-corrected chi connectivity index (χ2v) is 7.21. The third-order valence-electron chi connectivity index (χ3n) is 5.01. The topological polar surface area (TPSA) is 52.6 Å². The van der Waals surface area contributed by atoms with E-state index in [1.165, 1.54) is 18.4 Å². The highest BCUT2D eigenvalue weighted by Crippen LogP contribution is 2.17. The summed E-state index contributed by atoms with van der Waals surface area (Å²) in [6.45, 7) is 5.17. The lowest BCUT2D eigenvalue weighted by molar-refractivity contribution is 0.593. The second kappa shape index (κ2) is 9.95. The molecule has 1 fully saturated rings. The van der Waals surface area contributed by atoms with Gasteiger partial charge in [0.15, 0.2) is 5.96 Å². The molecular weight excluding hydrogens is 334 g/mol. The Morgan fingerprint density at radius 1 is 1.11 bits per heavy atom. The van der Waals surface area contributed by atoms with Crippen LogP contribution in [0.3, 0.4) is 0 Å². The fraction of sp³-hybridized carbons (Fsp3) is 0.455. The van der Waals surface area contributed by atoms with E-state index in [0.717, 1.165) is 49.8 Å². The van der Waals surface area contributed by atoms with Gasteiger partial charge in [-0.2, -0.15) is 0 Å². The van der Waals surface area contributed by atoms with Gasteiger partial charge >= 0.3 is 0 Å². The van der Waals surface area contributed by atoms with Crippen LogP contribution in [0.25, 0.3) is 0 Å². The molecule has 0 amide bonds. The average Bonchev–Trinajstić information content (AvgIpc) is 3.25. The van der Waals surface area contributed by atoms with E-state index in [0.29, 0.717) is 6.04 Å². The lowest BCUT2D eigenvalue weighted by Gasteiger charge is -2.19. The normalized spacial score (nSPS) is 15.6. The number of hydrogen-bond donors (Lipinski definition) is 2. The maximum atomic E-state index is 4.61. The number of hydrogen-bond acceptors (Lipinski definition) is 3. The molecule has 2 N–H and O–H groups in total. The molecule has 1 aromatic heterocycles. The summed E-state index contributed by atoms with van der Waals surface area (Å²) in [6.07, 6.45) is 6.64. The van der Waals surface area contributed by atoms with Gasteiger partial charge in [0.05, 0.1) is 0 Å². The molecule has 0 saturated carbocycles. The van der Waals surface area contributed by atoms with Crippen molar-refractivity contribution in [3.63, 3.8) is 0 Å². The fourth-order valence-electron chi connectivity index (χ4n) is 3.37. The summed E-state index contributed by atoms with van der Waals surface area (Å²) >= 11 is 0. The number of aromatic nitrogens is 1. The summed E-state index contributed by atoms with van der Waals surface area (Å²) in [4.78, 5) is 11.3. The molecule has 1 aromatic carbocycles. The SMILES string of the molecule is CN=C(NCc1ccc(N2CCCC2)nc1)NC(C)CCc1ccccc1. The van der Waals surface area contributed by atoms with Crippen LogP contribution >= 0.6 is 0 Å². The quantitative estimate of drug-likeness (QED) is 0.583. The van der Waals surface area contributed by atoms with Crippen molar-refractivity contribution < 1.29 is 0 Å². The van der Waals surface area contributed by atoms with E-state index in [4.69, 9.17) is 0 Å². The second-order valence-electron chi connectivity index (χ2n) is 7.21. The third kappa shape index (κ3) is 5.98. The number of anilines is 1. The van der Waals surface area contributed by atoms with Gasteiger partial charge in [-0.3, -0.25) is 4.99 Å². The highest BCUT2D eigenvalue weighted by atomic mass is 15.2. The van der Waals surface area contributed by atoms with Crippen LogP contribution in [0.5, 0.6) is 0 Å². The first-order valence-corrected chi connectivity index (χ1v) is 9.95. The Balaban J connectivity index is 1.43. The van der Waals surface area contributed by atoms with Crippen molar-refractivity contribution in [2.45, 2.75) is 45.2 Å². The van der Waals surface area contributed by atoms with E-state index in [2.05, 4.69) is 74.9 Å². The van der Waals surface area contributed by atoms with Crippen LogP contribution in [-0.2, 0) is 13.0 Å². The van der Waals surface area contributed by atoms with Gasteiger partial charge in [0, 0.05) is 38.9 Å². The van der Waals surface area contributed by atoms with Crippen molar-refractivity contribution in [1.82, 2.24) is 15.6 Å². The number of aliphatic imine (C=N–C) groups is 1. The van der Waals surface area contributed by atoms with Gasteiger partial charge in [0.25, 0.3) is 0 Å². The first-order chi connectivity index (χ1) is 13.2. The summed E-state index contributed by atoms with van der Waals surface area (Å²) in [5.74, 6) is 1.92. The molecule has 1 aliphatic rings. The van der Waals surface area contributed by atoms with E-state index < -0.39 is 0 Å². The summed E-state index contributed by atoms with van der Waals surface area (Å²) in [7, 11) is 1.81. The number of aryl methyl sites for hydroxylation is 1. The van der Waals surface area contributed by atoms with E-state index in [1.807, 2.05) is 13.2 Å². The molecule has 3 rings (SSSR count). The Hall–Kier alpha value is -2.56. The van der Waals surface area contributed by atoms with Crippen LogP contribution in [-0.4, -0.2) is 37.1 Å². The van der Waals surface area contributed by atoms with Crippen molar-refractivity contribution in [2.75, 3.05) is 25.0 Å². The first kappa shape index (κ1) is 19.2. The number of rotatable bonds is 7. The molecular formula is C22H31N5. The van der Waals surface area contributed by atoms with Crippen LogP contribution in [0.4, 0.5) is 5.82 Å². The Morgan fingerprint density at radius 3 is 2.56 bits per heavy atom. The van der Waals surface area contributed by atoms with Crippen molar-refractivity contribution in [2.24, 2.45) is 4.99 Å². The Bertz CT molecular complexity index is 705. The van der Waals surface area contributed by atoms with Gasteiger partial charge < -0.3 is 15.5 Å². The predicted octanol–water partition coefficient (Wildman–Crippen LogP) is 3.37. The fourth-order valence-corrected chi connectivity index (χ4v) is 3.37. The van der Waals surface area contributed by atoms with Gasteiger partial charge in [-0.1, -0.05) is 36.4 Å². The first-order valence-electron chi connectivity index (χ1n) is 9.95. The van der Waals surface area contributed by atoms with Gasteiger partial charge in [0.1, 0.15) is 5.82 Å². The maximum Gasteiger partial charge on any atom is 0.191 e. The van der Waals surface area contributed by atoms with Crippen molar-refractivity contribution in [3.8, 4) is 0 Å². The number of benzene rings is 1. The molecule has 1 atom stereocenters. The van der Waals surface area contributed by atoms with Crippen molar-refractivity contribution in [1.29, 1.82) is 0 Å². The minimum atomic E-state index is 0.354. The predicted molar refractivity (Wildman–Crippen MR) is 113 cm³/mol. The summed E-state index contributed by atoms with van der Waals surface area (Å²) in [6, 6.07) is 15.2. The van der Waals surface area contributed by atoms with Crippen LogP contribution in [0.15, 0.2) is 53.7 Å². The maximum absolute atomic E-state index is 4.61. The zero-order chi connectivity index (χ0) is 18.9. The molecule has 1 aliphatic heterocycles. The smallest absolute Gasteiger partial charge is 0.191 e. The average molecular weight is 366 g/mol. The van der Waals surface area contributed by atoms with Gasteiger partial charge in [-0.15, -0.1) is 0 Å². The minimum absolute atomic E-state index is 0.354. The molecule has 5 heteroatoms. The number of nitrogens with zero attached hydrogens (tertiary/aromatic N) is 3. The van der Waals surface area contributed by atoms with Crippen LogP contribution < -0.4 is 15.5 Å². The van der Waals surface area contributed by atoms with E-state index in [-0.39, 0.29) is 0 Å². The summed E-state index contributed by atoms with van der Waals surface area (Å²) in [5, 5.41) is 6.86. The molecule has 0 aliphatic carbocycles. The monoisotopic (exact) mass is 365 g/mol. The highest BCUT2D eigenvalue weighted by Gasteiger charge is 2.13. The van der Waals surface area contributed by atoms with Gasteiger partial charge in [-0.05, 0) is 49.8 Å². The molecule has 27 heavy (non-hydrogen) atoms. The lowest BCUT2D eigenvalue weighted by Crippen LogP contribution is -2.42.